The van der Waals surface area contributed by atoms with Crippen molar-refractivity contribution in [3.8, 4) is 5.75 Å². The Labute approximate surface area is 102 Å². The Morgan fingerprint density at radius 3 is 2.94 bits per heavy atom. The van der Waals surface area contributed by atoms with Gasteiger partial charge in [0.05, 0.1) is 31.1 Å². The molecule has 96 valence electrons. The van der Waals surface area contributed by atoms with Crippen molar-refractivity contribution in [3.05, 3.63) is 11.9 Å². The number of nitrogens with one attached hydrogen (secondary N) is 1. The Kier molecular flexibility index (Phi) is 3.69. The first-order valence-corrected chi connectivity index (χ1v) is 6.03. The summed E-state index contributed by atoms with van der Waals surface area (Å²) in [5, 5.41) is 7.64. The average molecular weight is 239 g/mol. The number of methoxy groups -OCH3 is 1. The SMILES string of the molecule is CNC(c1c(OC)cnn1C)C1CCOC1C. The van der Waals surface area contributed by atoms with Crippen LogP contribution in [0.1, 0.15) is 25.1 Å². The minimum atomic E-state index is 0.218. The molecule has 0 amide bonds. The van der Waals surface area contributed by atoms with Crippen LogP contribution < -0.4 is 10.1 Å². The van der Waals surface area contributed by atoms with Gasteiger partial charge in [0.1, 0.15) is 0 Å². The highest BCUT2D eigenvalue weighted by Gasteiger charge is 2.35. The second-order valence-corrected chi connectivity index (χ2v) is 4.52. The summed E-state index contributed by atoms with van der Waals surface area (Å²) in [6.07, 6.45) is 3.10. The number of hydrogen-bond acceptors (Lipinski definition) is 4. The Morgan fingerprint density at radius 2 is 2.41 bits per heavy atom. The Bertz CT molecular complexity index is 378. The van der Waals surface area contributed by atoms with Crippen molar-refractivity contribution in [1.29, 1.82) is 0 Å². The van der Waals surface area contributed by atoms with E-state index < -0.39 is 0 Å². The van der Waals surface area contributed by atoms with Gasteiger partial charge in [-0.25, -0.2) is 0 Å². The molecular formula is C12H21N3O2. The zero-order chi connectivity index (χ0) is 12.4. The summed E-state index contributed by atoms with van der Waals surface area (Å²) in [4.78, 5) is 0. The van der Waals surface area contributed by atoms with E-state index in [1.807, 2.05) is 18.8 Å². The molecule has 0 aliphatic carbocycles. The van der Waals surface area contributed by atoms with Crippen LogP contribution in [0.5, 0.6) is 5.75 Å². The lowest BCUT2D eigenvalue weighted by molar-refractivity contribution is 0.0950. The summed E-state index contributed by atoms with van der Waals surface area (Å²) in [6, 6.07) is 0.218. The average Bonchev–Trinajstić information content (AvgIpc) is 2.89. The zero-order valence-electron chi connectivity index (χ0n) is 10.9. The van der Waals surface area contributed by atoms with E-state index in [1.54, 1.807) is 13.3 Å². The first kappa shape index (κ1) is 12.4. The van der Waals surface area contributed by atoms with Gasteiger partial charge in [-0.3, -0.25) is 4.68 Å². The van der Waals surface area contributed by atoms with E-state index in [4.69, 9.17) is 9.47 Å². The summed E-state index contributed by atoms with van der Waals surface area (Å²) in [5.41, 5.74) is 1.09. The summed E-state index contributed by atoms with van der Waals surface area (Å²) in [5.74, 6) is 1.30. The van der Waals surface area contributed by atoms with Crippen molar-refractivity contribution in [2.75, 3.05) is 20.8 Å². The van der Waals surface area contributed by atoms with Gasteiger partial charge >= 0.3 is 0 Å². The second kappa shape index (κ2) is 5.06. The van der Waals surface area contributed by atoms with Crippen LogP contribution in [0.25, 0.3) is 0 Å². The molecule has 5 nitrogen and oxygen atoms in total. The molecule has 0 spiro atoms. The van der Waals surface area contributed by atoms with Crippen molar-refractivity contribution < 1.29 is 9.47 Å². The molecule has 3 unspecified atom stereocenters. The number of nitrogens with zero attached hydrogens (tertiary/aromatic N) is 2. The van der Waals surface area contributed by atoms with Gasteiger partial charge in [-0.15, -0.1) is 0 Å². The van der Waals surface area contributed by atoms with Crippen molar-refractivity contribution in [1.82, 2.24) is 15.1 Å². The predicted octanol–water partition coefficient (Wildman–Crippen LogP) is 1.11. The van der Waals surface area contributed by atoms with E-state index in [2.05, 4.69) is 17.3 Å². The van der Waals surface area contributed by atoms with E-state index in [9.17, 15) is 0 Å². The van der Waals surface area contributed by atoms with Crippen molar-refractivity contribution >= 4 is 0 Å². The lowest BCUT2D eigenvalue weighted by atomic mass is 9.91. The van der Waals surface area contributed by atoms with Crippen LogP contribution in [-0.2, 0) is 11.8 Å². The quantitative estimate of drug-likeness (QED) is 0.855. The molecular weight excluding hydrogens is 218 g/mol. The molecule has 1 aliphatic rings. The molecule has 0 bridgehead atoms. The fraction of sp³-hybridized carbons (Fsp3) is 0.750. The summed E-state index contributed by atoms with van der Waals surface area (Å²) < 4.78 is 12.9. The smallest absolute Gasteiger partial charge is 0.161 e. The molecule has 0 aromatic carbocycles. The first-order valence-electron chi connectivity index (χ1n) is 6.03. The second-order valence-electron chi connectivity index (χ2n) is 4.52. The van der Waals surface area contributed by atoms with Crippen LogP contribution in [0.4, 0.5) is 0 Å². The zero-order valence-corrected chi connectivity index (χ0v) is 10.9. The molecule has 1 fully saturated rings. The van der Waals surface area contributed by atoms with Crippen LogP contribution in [0.15, 0.2) is 6.20 Å². The molecule has 0 saturated carbocycles. The van der Waals surface area contributed by atoms with Crippen LogP contribution in [0, 0.1) is 5.92 Å². The highest BCUT2D eigenvalue weighted by Crippen LogP contribution is 2.36. The lowest BCUT2D eigenvalue weighted by Crippen LogP contribution is -2.31. The molecule has 2 rings (SSSR count). The number of aromatic nitrogens is 2. The Balaban J connectivity index is 2.31. The standard InChI is InChI=1S/C12H21N3O2/c1-8-9(5-6-17-8)11(13-2)12-10(16-4)7-14-15(12)3/h7-9,11,13H,5-6H2,1-4H3. The maximum absolute atomic E-state index is 5.65. The van der Waals surface area contributed by atoms with E-state index in [0.29, 0.717) is 5.92 Å². The molecule has 2 heterocycles. The number of aryl methyl sites for hydroxylation is 1. The summed E-state index contributed by atoms with van der Waals surface area (Å²) in [6.45, 7) is 2.97. The fourth-order valence-corrected chi connectivity index (χ4v) is 2.68. The highest BCUT2D eigenvalue weighted by atomic mass is 16.5. The van der Waals surface area contributed by atoms with Gasteiger partial charge in [-0.1, -0.05) is 0 Å². The largest absolute Gasteiger partial charge is 0.493 e. The molecule has 1 saturated heterocycles. The van der Waals surface area contributed by atoms with Crippen molar-refractivity contribution in [2.45, 2.75) is 25.5 Å². The van der Waals surface area contributed by atoms with Gasteiger partial charge in [0.25, 0.3) is 0 Å². The molecule has 1 aliphatic heterocycles. The normalized spacial score (nSPS) is 26.1. The van der Waals surface area contributed by atoms with Gasteiger partial charge in [0, 0.05) is 19.6 Å². The number of hydrogen-bond donors (Lipinski definition) is 1. The van der Waals surface area contributed by atoms with E-state index >= 15 is 0 Å². The van der Waals surface area contributed by atoms with Gasteiger partial charge in [0.15, 0.2) is 5.75 Å². The van der Waals surface area contributed by atoms with Crippen LogP contribution >= 0.6 is 0 Å². The molecule has 3 atom stereocenters. The fourth-order valence-electron chi connectivity index (χ4n) is 2.68. The maximum atomic E-state index is 5.65. The van der Waals surface area contributed by atoms with Crippen LogP contribution in [0.3, 0.4) is 0 Å². The minimum Gasteiger partial charge on any atom is -0.493 e. The van der Waals surface area contributed by atoms with E-state index in [1.165, 1.54) is 0 Å². The maximum Gasteiger partial charge on any atom is 0.161 e. The number of rotatable bonds is 4. The molecule has 0 radical (unpaired) electrons. The third-order valence-corrected chi connectivity index (χ3v) is 3.64. The van der Waals surface area contributed by atoms with Gasteiger partial charge in [-0.2, -0.15) is 5.10 Å². The topological polar surface area (TPSA) is 48.3 Å². The minimum absolute atomic E-state index is 0.218. The Morgan fingerprint density at radius 1 is 1.65 bits per heavy atom. The predicted molar refractivity (Wildman–Crippen MR) is 65.1 cm³/mol. The van der Waals surface area contributed by atoms with Crippen LogP contribution in [0.2, 0.25) is 0 Å². The van der Waals surface area contributed by atoms with Gasteiger partial charge < -0.3 is 14.8 Å². The summed E-state index contributed by atoms with van der Waals surface area (Å²) >= 11 is 0. The first-order chi connectivity index (χ1) is 8.19. The Hall–Kier alpha value is -1.07. The number of ether oxygens (including phenoxy) is 2. The highest BCUT2D eigenvalue weighted by molar-refractivity contribution is 5.29. The summed E-state index contributed by atoms with van der Waals surface area (Å²) in [7, 11) is 5.60. The third-order valence-electron chi connectivity index (χ3n) is 3.64. The monoisotopic (exact) mass is 239 g/mol. The van der Waals surface area contributed by atoms with E-state index in [0.717, 1.165) is 24.5 Å². The van der Waals surface area contributed by atoms with Crippen molar-refractivity contribution in [2.24, 2.45) is 13.0 Å². The van der Waals surface area contributed by atoms with Crippen LogP contribution in [-0.4, -0.2) is 36.6 Å². The third kappa shape index (κ3) is 2.17. The van der Waals surface area contributed by atoms with Gasteiger partial charge in [0.2, 0.25) is 0 Å². The molecule has 1 aromatic heterocycles. The molecule has 1 N–H and O–H groups in total. The molecule has 1 aromatic rings. The molecule has 5 heteroatoms. The van der Waals surface area contributed by atoms with Crippen molar-refractivity contribution in [3.63, 3.8) is 0 Å². The lowest BCUT2D eigenvalue weighted by Gasteiger charge is -2.26. The van der Waals surface area contributed by atoms with E-state index in [-0.39, 0.29) is 12.1 Å². The van der Waals surface area contributed by atoms with Gasteiger partial charge in [-0.05, 0) is 20.4 Å². The molecule has 17 heavy (non-hydrogen) atoms.